The van der Waals surface area contributed by atoms with E-state index in [0.717, 1.165) is 11.1 Å². The molecule has 2 aromatic rings. The molecule has 4 heteroatoms. The molecule has 0 aliphatic heterocycles. The Bertz CT molecular complexity index is 638. The molecule has 2 N–H and O–H groups in total. The molecule has 0 fully saturated rings. The van der Waals surface area contributed by atoms with Gasteiger partial charge in [0.05, 0.1) is 13.2 Å². The first-order chi connectivity index (χ1) is 10.1. The number of ether oxygens (including phenoxy) is 1. The lowest BCUT2D eigenvalue weighted by Crippen LogP contribution is -2.13. The first-order valence-electron chi connectivity index (χ1n) is 6.88. The zero-order valence-corrected chi connectivity index (χ0v) is 12.2. The number of aliphatic hydroxyl groups excluding tert-OH is 1. The van der Waals surface area contributed by atoms with Gasteiger partial charge in [-0.2, -0.15) is 0 Å². The third kappa shape index (κ3) is 3.83. The average Bonchev–Trinajstić information content (AvgIpc) is 2.50. The van der Waals surface area contributed by atoms with Crippen LogP contribution in [0.5, 0.6) is 5.75 Å². The van der Waals surface area contributed by atoms with Gasteiger partial charge in [-0.25, -0.2) is 0 Å². The zero-order chi connectivity index (χ0) is 15.2. The third-order valence-corrected chi connectivity index (χ3v) is 3.14. The van der Waals surface area contributed by atoms with Crippen LogP contribution in [-0.4, -0.2) is 17.6 Å². The van der Waals surface area contributed by atoms with Gasteiger partial charge in [-0.1, -0.05) is 18.2 Å². The first kappa shape index (κ1) is 15.1. The number of carbonyl (C=O) groups is 1. The summed E-state index contributed by atoms with van der Waals surface area (Å²) >= 11 is 0. The van der Waals surface area contributed by atoms with Crippen LogP contribution in [0.3, 0.4) is 0 Å². The topological polar surface area (TPSA) is 58.6 Å². The van der Waals surface area contributed by atoms with Gasteiger partial charge in [0.15, 0.2) is 0 Å². The minimum Gasteiger partial charge on any atom is -0.494 e. The number of hydrogen-bond donors (Lipinski definition) is 2. The second-order valence-corrected chi connectivity index (χ2v) is 4.72. The summed E-state index contributed by atoms with van der Waals surface area (Å²) < 4.78 is 5.39. The van der Waals surface area contributed by atoms with E-state index in [1.807, 2.05) is 32.0 Å². The molecule has 0 spiro atoms. The molecule has 0 atom stereocenters. The van der Waals surface area contributed by atoms with Crippen molar-refractivity contribution in [3.63, 3.8) is 0 Å². The summed E-state index contributed by atoms with van der Waals surface area (Å²) in [7, 11) is 0. The van der Waals surface area contributed by atoms with E-state index in [2.05, 4.69) is 5.32 Å². The maximum absolute atomic E-state index is 12.3. The Morgan fingerprint density at radius 1 is 1.24 bits per heavy atom. The van der Waals surface area contributed by atoms with Crippen LogP contribution < -0.4 is 10.1 Å². The van der Waals surface area contributed by atoms with Crippen LogP contribution >= 0.6 is 0 Å². The van der Waals surface area contributed by atoms with Crippen LogP contribution in [-0.2, 0) is 6.61 Å². The minimum absolute atomic E-state index is 0.0526. The number of amides is 1. The zero-order valence-electron chi connectivity index (χ0n) is 12.2. The Morgan fingerprint density at radius 2 is 2.05 bits per heavy atom. The first-order valence-corrected chi connectivity index (χ1v) is 6.88. The van der Waals surface area contributed by atoms with Crippen LogP contribution in [0.25, 0.3) is 0 Å². The van der Waals surface area contributed by atoms with Crippen LogP contribution in [0, 0.1) is 6.92 Å². The van der Waals surface area contributed by atoms with Gasteiger partial charge in [0.2, 0.25) is 0 Å². The summed E-state index contributed by atoms with van der Waals surface area (Å²) in [6.07, 6.45) is 0. The molecule has 0 aliphatic carbocycles. The molecule has 0 saturated carbocycles. The number of carbonyl (C=O) groups excluding carboxylic acids is 1. The Balaban J connectivity index is 2.19. The molecule has 4 nitrogen and oxygen atoms in total. The molecule has 0 aromatic heterocycles. The Morgan fingerprint density at radius 3 is 2.76 bits per heavy atom. The average molecular weight is 285 g/mol. The highest BCUT2D eigenvalue weighted by Crippen LogP contribution is 2.19. The molecule has 0 heterocycles. The quantitative estimate of drug-likeness (QED) is 0.887. The molecule has 21 heavy (non-hydrogen) atoms. The van der Waals surface area contributed by atoms with E-state index >= 15 is 0 Å². The van der Waals surface area contributed by atoms with Crippen molar-refractivity contribution in [3.05, 3.63) is 59.2 Å². The predicted octanol–water partition coefficient (Wildman–Crippen LogP) is 3.14. The van der Waals surface area contributed by atoms with Crippen LogP contribution in [0.2, 0.25) is 0 Å². The van der Waals surface area contributed by atoms with E-state index in [0.29, 0.717) is 23.6 Å². The standard InChI is InChI=1S/C17H19NO3/c1-3-21-15-6-4-5-14(10-15)17(20)18-16-9-13(11-19)8-7-12(16)2/h4-10,19H,3,11H2,1-2H3,(H,18,20). The molecule has 0 bridgehead atoms. The second-order valence-electron chi connectivity index (χ2n) is 4.72. The number of aryl methyl sites for hydroxylation is 1. The van der Waals surface area contributed by atoms with Crippen LogP contribution in [0.1, 0.15) is 28.4 Å². The molecule has 0 unspecified atom stereocenters. The number of aliphatic hydroxyl groups is 1. The summed E-state index contributed by atoms with van der Waals surface area (Å²) in [6.45, 7) is 4.32. The number of benzene rings is 2. The summed E-state index contributed by atoms with van der Waals surface area (Å²) in [5, 5.41) is 12.0. The van der Waals surface area contributed by atoms with Gasteiger partial charge in [0.1, 0.15) is 5.75 Å². The van der Waals surface area contributed by atoms with Crippen molar-refractivity contribution in [2.75, 3.05) is 11.9 Å². The van der Waals surface area contributed by atoms with E-state index in [9.17, 15) is 9.90 Å². The van der Waals surface area contributed by atoms with Crippen LogP contribution in [0.4, 0.5) is 5.69 Å². The second kappa shape index (κ2) is 6.90. The third-order valence-electron chi connectivity index (χ3n) is 3.14. The fourth-order valence-corrected chi connectivity index (χ4v) is 1.99. The Kier molecular flexibility index (Phi) is 4.95. The van der Waals surface area contributed by atoms with Crippen molar-refractivity contribution < 1.29 is 14.6 Å². The van der Waals surface area contributed by atoms with Gasteiger partial charge in [0, 0.05) is 11.3 Å². The molecule has 110 valence electrons. The van der Waals surface area contributed by atoms with E-state index in [1.54, 1.807) is 24.3 Å². The molecule has 2 rings (SSSR count). The van der Waals surface area contributed by atoms with Gasteiger partial charge in [-0.3, -0.25) is 4.79 Å². The summed E-state index contributed by atoms with van der Waals surface area (Å²) in [6, 6.07) is 12.5. The van der Waals surface area contributed by atoms with Gasteiger partial charge in [0.25, 0.3) is 5.91 Å². The Hall–Kier alpha value is -2.33. The molecular weight excluding hydrogens is 266 g/mol. The lowest BCUT2D eigenvalue weighted by atomic mass is 10.1. The highest BCUT2D eigenvalue weighted by atomic mass is 16.5. The van der Waals surface area contributed by atoms with E-state index in [4.69, 9.17) is 4.74 Å². The summed E-state index contributed by atoms with van der Waals surface area (Å²) in [5.74, 6) is 0.473. The van der Waals surface area contributed by atoms with Gasteiger partial charge in [-0.15, -0.1) is 0 Å². The number of nitrogens with one attached hydrogen (secondary N) is 1. The Labute approximate surface area is 124 Å². The number of hydrogen-bond acceptors (Lipinski definition) is 3. The van der Waals surface area contributed by atoms with E-state index in [1.165, 1.54) is 0 Å². The van der Waals surface area contributed by atoms with Gasteiger partial charge in [-0.05, 0) is 49.2 Å². The summed E-state index contributed by atoms with van der Waals surface area (Å²) in [5.41, 5.74) is 2.95. The van der Waals surface area contributed by atoms with Gasteiger partial charge < -0.3 is 15.2 Å². The maximum Gasteiger partial charge on any atom is 0.255 e. The van der Waals surface area contributed by atoms with Gasteiger partial charge >= 0.3 is 0 Å². The van der Waals surface area contributed by atoms with E-state index in [-0.39, 0.29) is 12.5 Å². The fraction of sp³-hybridized carbons (Fsp3) is 0.235. The fourth-order valence-electron chi connectivity index (χ4n) is 1.99. The smallest absolute Gasteiger partial charge is 0.255 e. The lowest BCUT2D eigenvalue weighted by Gasteiger charge is -2.11. The number of anilines is 1. The van der Waals surface area contributed by atoms with Crippen molar-refractivity contribution in [1.82, 2.24) is 0 Å². The van der Waals surface area contributed by atoms with E-state index < -0.39 is 0 Å². The van der Waals surface area contributed by atoms with Crippen molar-refractivity contribution >= 4 is 11.6 Å². The summed E-state index contributed by atoms with van der Waals surface area (Å²) in [4.78, 5) is 12.3. The van der Waals surface area contributed by atoms with Crippen molar-refractivity contribution in [1.29, 1.82) is 0 Å². The molecule has 0 saturated heterocycles. The number of rotatable bonds is 5. The lowest BCUT2D eigenvalue weighted by molar-refractivity contribution is 0.102. The maximum atomic E-state index is 12.3. The molecule has 0 aliphatic rings. The monoisotopic (exact) mass is 285 g/mol. The highest BCUT2D eigenvalue weighted by molar-refractivity contribution is 6.04. The van der Waals surface area contributed by atoms with Crippen molar-refractivity contribution in [2.24, 2.45) is 0 Å². The SMILES string of the molecule is CCOc1cccc(C(=O)Nc2cc(CO)ccc2C)c1. The minimum atomic E-state index is -0.199. The predicted molar refractivity (Wildman–Crippen MR) is 82.7 cm³/mol. The molecule has 2 aromatic carbocycles. The van der Waals surface area contributed by atoms with Crippen LogP contribution in [0.15, 0.2) is 42.5 Å². The molecule has 1 amide bonds. The van der Waals surface area contributed by atoms with Crippen molar-refractivity contribution in [2.45, 2.75) is 20.5 Å². The molecular formula is C17H19NO3. The highest BCUT2D eigenvalue weighted by Gasteiger charge is 2.09. The largest absolute Gasteiger partial charge is 0.494 e. The van der Waals surface area contributed by atoms with Crippen molar-refractivity contribution in [3.8, 4) is 5.75 Å². The normalized spacial score (nSPS) is 10.2. The molecule has 0 radical (unpaired) electrons.